The van der Waals surface area contributed by atoms with Crippen molar-refractivity contribution in [1.29, 1.82) is 0 Å². The highest BCUT2D eigenvalue weighted by atomic mass is 32.2. The van der Waals surface area contributed by atoms with Crippen LogP contribution in [0.1, 0.15) is 5.69 Å². The van der Waals surface area contributed by atoms with Crippen LogP contribution in [0.2, 0.25) is 0 Å². The summed E-state index contributed by atoms with van der Waals surface area (Å²) in [5, 5.41) is 13.1. The zero-order valence-corrected chi connectivity index (χ0v) is 18.7. The van der Waals surface area contributed by atoms with Gasteiger partial charge < -0.3 is 10.1 Å². The normalized spacial score (nSPS) is 10.6. The molecule has 0 saturated carbocycles. The first-order valence-electron chi connectivity index (χ1n) is 9.56. The van der Waals surface area contributed by atoms with Crippen LogP contribution in [0, 0.1) is 6.92 Å². The maximum absolute atomic E-state index is 12.2. The molecule has 156 valence electrons. The number of aryl methyl sites for hydroxylation is 1. The zero-order chi connectivity index (χ0) is 21.6. The Morgan fingerprint density at radius 1 is 1.03 bits per heavy atom. The molecule has 2 heterocycles. The second-order valence-electron chi connectivity index (χ2n) is 6.62. The van der Waals surface area contributed by atoms with Crippen molar-refractivity contribution in [3.63, 3.8) is 0 Å². The molecule has 2 aromatic carbocycles. The fraction of sp³-hybridized carbons (Fsp3) is 0.130. The third-order valence-corrected chi connectivity index (χ3v) is 6.56. The molecular formula is C23H20N4O2S2. The Kier molecular flexibility index (Phi) is 6.59. The number of nitrogens with zero attached hydrogens (tertiary/aromatic N) is 3. The predicted molar refractivity (Wildman–Crippen MR) is 126 cm³/mol. The number of carbonyl (C=O) groups excluding carboxylic acids is 1. The molecule has 6 nitrogen and oxygen atoms in total. The number of thioether (sulfide) groups is 1. The molecule has 8 heteroatoms. The number of benzene rings is 2. The minimum atomic E-state index is -0.105. The summed E-state index contributed by atoms with van der Waals surface area (Å²) in [6.45, 7) is 1.98. The van der Waals surface area contributed by atoms with E-state index in [-0.39, 0.29) is 11.7 Å². The number of thiazole rings is 1. The zero-order valence-electron chi connectivity index (χ0n) is 17.0. The topological polar surface area (TPSA) is 77.0 Å². The lowest BCUT2D eigenvalue weighted by Gasteiger charge is -2.06. The van der Waals surface area contributed by atoms with Crippen molar-refractivity contribution in [1.82, 2.24) is 15.2 Å². The number of amides is 1. The Balaban J connectivity index is 1.37. The number of rotatable bonds is 7. The van der Waals surface area contributed by atoms with E-state index in [0.717, 1.165) is 38.3 Å². The van der Waals surface area contributed by atoms with Gasteiger partial charge in [0.1, 0.15) is 21.5 Å². The van der Waals surface area contributed by atoms with Gasteiger partial charge in [0.2, 0.25) is 5.91 Å². The molecule has 0 atom stereocenters. The number of hydrogen-bond acceptors (Lipinski definition) is 7. The molecule has 0 saturated heterocycles. The summed E-state index contributed by atoms with van der Waals surface area (Å²) in [4.78, 5) is 17.9. The summed E-state index contributed by atoms with van der Waals surface area (Å²) in [5.74, 6) is 0.888. The number of aromatic nitrogens is 3. The monoisotopic (exact) mass is 448 g/mol. The third kappa shape index (κ3) is 5.28. The summed E-state index contributed by atoms with van der Waals surface area (Å²) < 4.78 is 5.12. The number of anilines is 1. The molecule has 0 aliphatic heterocycles. The largest absolute Gasteiger partial charge is 0.497 e. The lowest BCUT2D eigenvalue weighted by Crippen LogP contribution is -2.14. The molecule has 0 radical (unpaired) electrons. The van der Waals surface area contributed by atoms with Crippen molar-refractivity contribution < 1.29 is 9.53 Å². The van der Waals surface area contributed by atoms with Crippen molar-refractivity contribution in [3.8, 4) is 26.9 Å². The molecule has 0 spiro atoms. The molecule has 31 heavy (non-hydrogen) atoms. The van der Waals surface area contributed by atoms with Gasteiger partial charge in [0.25, 0.3) is 0 Å². The average Bonchev–Trinajstić information content (AvgIpc) is 3.21. The quantitative estimate of drug-likeness (QED) is 0.386. The fourth-order valence-corrected chi connectivity index (χ4v) is 4.52. The van der Waals surface area contributed by atoms with Gasteiger partial charge in [-0.05, 0) is 43.3 Å². The first-order chi connectivity index (χ1) is 15.1. The minimum absolute atomic E-state index is 0.105. The van der Waals surface area contributed by atoms with Gasteiger partial charge in [0.15, 0.2) is 0 Å². The van der Waals surface area contributed by atoms with Crippen LogP contribution >= 0.6 is 23.1 Å². The molecule has 0 fully saturated rings. The number of carbonyl (C=O) groups is 1. The van der Waals surface area contributed by atoms with Crippen molar-refractivity contribution in [2.75, 3.05) is 18.2 Å². The van der Waals surface area contributed by atoms with Gasteiger partial charge in [-0.2, -0.15) is 0 Å². The smallest absolute Gasteiger partial charge is 0.234 e. The molecule has 4 rings (SSSR count). The third-order valence-electron chi connectivity index (χ3n) is 4.41. The second-order valence-corrected chi connectivity index (χ2v) is 8.62. The number of ether oxygens (including phenoxy) is 1. The van der Waals surface area contributed by atoms with E-state index in [1.165, 1.54) is 11.8 Å². The molecule has 4 aromatic rings. The summed E-state index contributed by atoms with van der Waals surface area (Å²) in [6, 6.07) is 21.1. The van der Waals surface area contributed by atoms with Crippen LogP contribution in [0.4, 0.5) is 5.69 Å². The van der Waals surface area contributed by atoms with E-state index in [1.54, 1.807) is 42.7 Å². The highest BCUT2D eigenvalue weighted by Crippen LogP contribution is 2.34. The van der Waals surface area contributed by atoms with E-state index in [1.807, 2.05) is 49.4 Å². The summed E-state index contributed by atoms with van der Waals surface area (Å²) >= 11 is 2.94. The Morgan fingerprint density at radius 3 is 2.48 bits per heavy atom. The maximum Gasteiger partial charge on any atom is 0.234 e. The Hall–Kier alpha value is -3.23. The van der Waals surface area contributed by atoms with E-state index in [0.29, 0.717) is 5.03 Å². The maximum atomic E-state index is 12.2. The van der Waals surface area contributed by atoms with Crippen LogP contribution < -0.4 is 10.1 Å². The molecule has 2 aromatic heterocycles. The standard InChI is InChI=1S/C23H20N4O2S2/c1-15-22(31-23(24-15)16-6-4-3-5-7-16)19-12-13-21(27-26-19)30-14-20(28)25-17-8-10-18(29-2)11-9-17/h3-13H,14H2,1-2H3,(H,25,28). The first-order valence-corrected chi connectivity index (χ1v) is 11.4. The van der Waals surface area contributed by atoms with Crippen molar-refractivity contribution in [3.05, 3.63) is 72.4 Å². The lowest BCUT2D eigenvalue weighted by molar-refractivity contribution is -0.113. The summed E-state index contributed by atoms with van der Waals surface area (Å²) in [5.41, 5.74) is 3.52. The van der Waals surface area contributed by atoms with Gasteiger partial charge in [0, 0.05) is 11.3 Å². The van der Waals surface area contributed by atoms with E-state index < -0.39 is 0 Å². The van der Waals surface area contributed by atoms with E-state index in [4.69, 9.17) is 4.74 Å². The van der Waals surface area contributed by atoms with Crippen molar-refractivity contribution in [2.45, 2.75) is 11.9 Å². The Bertz CT molecular complexity index is 1160. The first kappa shape index (κ1) is 21.0. The minimum Gasteiger partial charge on any atom is -0.497 e. The van der Waals surface area contributed by atoms with Gasteiger partial charge in [-0.15, -0.1) is 21.5 Å². The molecule has 0 aliphatic rings. The van der Waals surface area contributed by atoms with Gasteiger partial charge in [-0.1, -0.05) is 42.1 Å². The van der Waals surface area contributed by atoms with E-state index >= 15 is 0 Å². The predicted octanol–water partition coefficient (Wildman–Crippen LogP) is 5.31. The second kappa shape index (κ2) is 9.72. The molecular weight excluding hydrogens is 428 g/mol. The van der Waals surface area contributed by atoms with Crippen molar-refractivity contribution in [2.24, 2.45) is 0 Å². The van der Waals surface area contributed by atoms with Gasteiger partial charge in [-0.3, -0.25) is 4.79 Å². The summed E-state index contributed by atoms with van der Waals surface area (Å²) in [6.07, 6.45) is 0. The van der Waals surface area contributed by atoms with Crippen molar-refractivity contribution >= 4 is 34.7 Å². The molecule has 0 bridgehead atoms. The Morgan fingerprint density at radius 2 is 1.81 bits per heavy atom. The van der Waals surface area contributed by atoms with Crippen LogP contribution in [0.15, 0.2) is 71.8 Å². The number of methoxy groups -OCH3 is 1. The Labute approximate surface area is 188 Å². The lowest BCUT2D eigenvalue weighted by atomic mass is 10.2. The number of hydrogen-bond donors (Lipinski definition) is 1. The number of nitrogens with one attached hydrogen (secondary N) is 1. The van der Waals surface area contributed by atoms with Crippen LogP contribution in [-0.2, 0) is 4.79 Å². The average molecular weight is 449 g/mol. The van der Waals surface area contributed by atoms with Gasteiger partial charge >= 0.3 is 0 Å². The van der Waals surface area contributed by atoms with Crippen LogP contribution in [0.3, 0.4) is 0 Å². The van der Waals surface area contributed by atoms with Crippen LogP contribution in [0.5, 0.6) is 5.75 Å². The summed E-state index contributed by atoms with van der Waals surface area (Å²) in [7, 11) is 1.61. The highest BCUT2D eigenvalue weighted by molar-refractivity contribution is 7.99. The molecule has 1 amide bonds. The fourth-order valence-electron chi connectivity index (χ4n) is 2.87. The van der Waals surface area contributed by atoms with E-state index in [9.17, 15) is 4.79 Å². The molecule has 0 unspecified atom stereocenters. The van der Waals surface area contributed by atoms with Gasteiger partial charge in [-0.25, -0.2) is 4.98 Å². The highest BCUT2D eigenvalue weighted by Gasteiger charge is 2.13. The van der Waals surface area contributed by atoms with E-state index in [2.05, 4.69) is 20.5 Å². The van der Waals surface area contributed by atoms with Crippen LogP contribution in [0.25, 0.3) is 21.1 Å². The molecule has 1 N–H and O–H groups in total. The SMILES string of the molecule is COc1ccc(NC(=O)CSc2ccc(-c3sc(-c4ccccc4)nc3C)nn2)cc1. The van der Waals surface area contributed by atoms with Crippen LogP contribution in [-0.4, -0.2) is 34.0 Å². The van der Waals surface area contributed by atoms with Gasteiger partial charge in [0.05, 0.1) is 23.4 Å². The molecule has 0 aliphatic carbocycles.